The van der Waals surface area contributed by atoms with Gasteiger partial charge in [-0.25, -0.2) is 0 Å². The van der Waals surface area contributed by atoms with Gasteiger partial charge in [0.2, 0.25) is 0 Å². The van der Waals surface area contributed by atoms with Gasteiger partial charge in [-0.15, -0.1) is 0 Å². The van der Waals surface area contributed by atoms with Gasteiger partial charge in [0.05, 0.1) is 0 Å². The van der Waals surface area contributed by atoms with Crippen molar-refractivity contribution in [2.75, 3.05) is 0 Å². The van der Waals surface area contributed by atoms with Gasteiger partial charge in [-0.1, -0.05) is 78.9 Å². The summed E-state index contributed by atoms with van der Waals surface area (Å²) in [6.45, 7) is 0. The summed E-state index contributed by atoms with van der Waals surface area (Å²) < 4.78 is 0. The highest BCUT2D eigenvalue weighted by atomic mass is 16.3. The van der Waals surface area contributed by atoms with Crippen LogP contribution in [0.1, 0.15) is 11.1 Å². The lowest BCUT2D eigenvalue weighted by Crippen LogP contribution is -1.93. The minimum atomic E-state index is 0.101. The Hall–Kier alpha value is -3.06. The molecule has 1 nitrogen and oxygen atoms in total. The van der Waals surface area contributed by atoms with E-state index in [0.29, 0.717) is 6.42 Å². The molecule has 1 radical (unpaired) electrons. The molecule has 0 aliphatic rings. The molecule has 4 aromatic carbocycles. The second-order valence-corrected chi connectivity index (χ2v) is 6.01. The number of rotatable bonds is 3. The molecule has 0 N–H and O–H groups in total. The van der Waals surface area contributed by atoms with Crippen LogP contribution < -0.4 is 0 Å². The summed E-state index contributed by atoms with van der Waals surface area (Å²) in [7, 11) is 0. The highest BCUT2D eigenvalue weighted by molar-refractivity contribution is 5.88. The smallest absolute Gasteiger partial charge is 0.182 e. The van der Waals surface area contributed by atoms with Crippen LogP contribution in [0.4, 0.5) is 0 Å². The number of hydrogen-bond acceptors (Lipinski definition) is 0. The van der Waals surface area contributed by atoms with Gasteiger partial charge in [-0.2, -0.15) is 0 Å². The number of hydrogen-bond donors (Lipinski definition) is 0. The minimum Gasteiger partial charge on any atom is -0.290 e. The lowest BCUT2D eigenvalue weighted by Gasteiger charge is -2.12. The van der Waals surface area contributed by atoms with Crippen LogP contribution in [0.15, 0.2) is 91.0 Å². The van der Waals surface area contributed by atoms with Crippen molar-refractivity contribution in [3.63, 3.8) is 0 Å². The molecule has 0 heterocycles. The van der Waals surface area contributed by atoms with Crippen LogP contribution in [-0.4, -0.2) is 0 Å². The molecule has 0 aliphatic heterocycles. The molecule has 4 aromatic rings. The molecule has 0 amide bonds. The molecular formula is C23H17O. The third-order valence-corrected chi connectivity index (χ3v) is 4.42. The summed E-state index contributed by atoms with van der Waals surface area (Å²) in [5.41, 5.74) is 4.14. The van der Waals surface area contributed by atoms with Crippen LogP contribution >= 0.6 is 0 Å². The molecule has 4 rings (SSSR count). The van der Waals surface area contributed by atoms with E-state index in [-0.39, 0.29) is 5.75 Å². The lowest BCUT2D eigenvalue weighted by molar-refractivity contribution is 0.351. The molecule has 0 atom stereocenters. The topological polar surface area (TPSA) is 19.9 Å². The Balaban J connectivity index is 1.83. The van der Waals surface area contributed by atoms with Crippen LogP contribution in [0, 0.1) is 0 Å². The molecule has 0 fully saturated rings. The van der Waals surface area contributed by atoms with Gasteiger partial charge in [-0.3, -0.25) is 5.11 Å². The van der Waals surface area contributed by atoms with Crippen molar-refractivity contribution in [3.05, 3.63) is 102 Å². The Morgan fingerprint density at radius 3 is 2.21 bits per heavy atom. The molecule has 0 unspecified atom stereocenters. The zero-order valence-corrected chi connectivity index (χ0v) is 13.3. The monoisotopic (exact) mass is 309 g/mol. The third-order valence-electron chi connectivity index (χ3n) is 4.42. The van der Waals surface area contributed by atoms with Crippen LogP contribution in [0.2, 0.25) is 0 Å². The molecule has 0 saturated heterocycles. The van der Waals surface area contributed by atoms with Gasteiger partial charge in [-0.05, 0) is 39.6 Å². The van der Waals surface area contributed by atoms with E-state index in [2.05, 4.69) is 42.5 Å². The fourth-order valence-corrected chi connectivity index (χ4v) is 3.18. The SMILES string of the molecule is [O]c1cccc(-c2ccc3ccccc3c2)c1Cc1ccccc1. The molecule has 1 heteroatoms. The third kappa shape index (κ3) is 2.77. The van der Waals surface area contributed by atoms with Crippen LogP contribution in [0.25, 0.3) is 21.9 Å². The first kappa shape index (κ1) is 14.5. The zero-order valence-electron chi connectivity index (χ0n) is 13.3. The van der Waals surface area contributed by atoms with E-state index in [0.717, 1.165) is 22.3 Å². The van der Waals surface area contributed by atoms with E-state index < -0.39 is 0 Å². The molecule has 0 spiro atoms. The van der Waals surface area contributed by atoms with Gasteiger partial charge >= 0.3 is 0 Å². The van der Waals surface area contributed by atoms with Gasteiger partial charge in [0.15, 0.2) is 5.75 Å². The van der Waals surface area contributed by atoms with Crippen molar-refractivity contribution in [1.29, 1.82) is 0 Å². The van der Waals surface area contributed by atoms with Crippen LogP contribution in [0.3, 0.4) is 0 Å². The quantitative estimate of drug-likeness (QED) is 0.427. The summed E-state index contributed by atoms with van der Waals surface area (Å²) in [6.07, 6.45) is 0.655. The van der Waals surface area contributed by atoms with Crippen molar-refractivity contribution >= 4 is 10.8 Å². The molecule has 0 aliphatic carbocycles. The second kappa shape index (κ2) is 6.21. The minimum absolute atomic E-state index is 0.101. The van der Waals surface area contributed by atoms with Crippen LogP contribution in [0.5, 0.6) is 5.75 Å². The predicted molar refractivity (Wildman–Crippen MR) is 98.8 cm³/mol. The summed E-state index contributed by atoms with van der Waals surface area (Å²) in [6, 6.07) is 30.4. The van der Waals surface area contributed by atoms with Crippen molar-refractivity contribution < 1.29 is 5.11 Å². The van der Waals surface area contributed by atoms with Crippen molar-refractivity contribution in [1.82, 2.24) is 0 Å². The van der Waals surface area contributed by atoms with Gasteiger partial charge in [0.1, 0.15) is 0 Å². The van der Waals surface area contributed by atoms with E-state index in [4.69, 9.17) is 0 Å². The molecular weight excluding hydrogens is 292 g/mol. The maximum Gasteiger partial charge on any atom is 0.182 e. The summed E-state index contributed by atoms with van der Waals surface area (Å²) >= 11 is 0. The molecule has 0 saturated carbocycles. The summed E-state index contributed by atoms with van der Waals surface area (Å²) in [5.74, 6) is 0.101. The van der Waals surface area contributed by atoms with E-state index in [1.807, 2.05) is 42.5 Å². The molecule has 24 heavy (non-hydrogen) atoms. The second-order valence-electron chi connectivity index (χ2n) is 6.01. The summed E-state index contributed by atoms with van der Waals surface area (Å²) in [5, 5.41) is 14.9. The number of benzene rings is 4. The Labute approximate surface area is 141 Å². The Morgan fingerprint density at radius 2 is 1.38 bits per heavy atom. The maximum atomic E-state index is 12.5. The first-order valence-corrected chi connectivity index (χ1v) is 8.13. The highest BCUT2D eigenvalue weighted by Gasteiger charge is 2.12. The van der Waals surface area contributed by atoms with E-state index in [1.54, 1.807) is 6.07 Å². The van der Waals surface area contributed by atoms with Crippen molar-refractivity contribution in [3.8, 4) is 16.9 Å². The standard InChI is InChI=1S/C23H17O/c24-23-12-6-11-21(22(23)15-17-7-2-1-3-8-17)20-14-13-18-9-4-5-10-19(18)16-20/h1-14,16H,15H2. The van der Waals surface area contributed by atoms with Gasteiger partial charge in [0, 0.05) is 12.0 Å². The first-order valence-electron chi connectivity index (χ1n) is 8.13. The fourth-order valence-electron chi connectivity index (χ4n) is 3.18. The van der Waals surface area contributed by atoms with E-state index >= 15 is 0 Å². The van der Waals surface area contributed by atoms with Crippen molar-refractivity contribution in [2.24, 2.45) is 0 Å². The van der Waals surface area contributed by atoms with Crippen molar-refractivity contribution in [2.45, 2.75) is 6.42 Å². The highest BCUT2D eigenvalue weighted by Crippen LogP contribution is 2.33. The summed E-state index contributed by atoms with van der Waals surface area (Å²) in [4.78, 5) is 0. The molecule has 0 bridgehead atoms. The number of fused-ring (bicyclic) bond motifs is 1. The normalized spacial score (nSPS) is 10.8. The van der Waals surface area contributed by atoms with E-state index in [9.17, 15) is 5.11 Å². The Kier molecular flexibility index (Phi) is 3.76. The first-order chi connectivity index (χ1) is 11.8. The van der Waals surface area contributed by atoms with Crippen LogP contribution in [-0.2, 0) is 11.5 Å². The Bertz CT molecular complexity index is 987. The van der Waals surface area contributed by atoms with E-state index in [1.165, 1.54) is 10.8 Å². The predicted octanol–water partition coefficient (Wildman–Crippen LogP) is 6.24. The average Bonchev–Trinajstić information content (AvgIpc) is 2.64. The largest absolute Gasteiger partial charge is 0.290 e. The maximum absolute atomic E-state index is 12.5. The average molecular weight is 309 g/mol. The Morgan fingerprint density at radius 1 is 0.625 bits per heavy atom. The lowest BCUT2D eigenvalue weighted by atomic mass is 9.93. The molecule has 0 aromatic heterocycles. The zero-order chi connectivity index (χ0) is 16.4. The molecule has 115 valence electrons. The van der Waals surface area contributed by atoms with Gasteiger partial charge in [0.25, 0.3) is 0 Å². The van der Waals surface area contributed by atoms with Gasteiger partial charge < -0.3 is 0 Å². The fraction of sp³-hybridized carbons (Fsp3) is 0.0435.